The summed E-state index contributed by atoms with van der Waals surface area (Å²) < 4.78 is 7.13. The average Bonchev–Trinajstić information content (AvgIpc) is 3.19. The predicted molar refractivity (Wildman–Crippen MR) is 216 cm³/mol. The normalized spacial score (nSPS) is 21.3. The largest absolute Gasteiger partial charge is 0.481 e. The van der Waals surface area contributed by atoms with Crippen LogP contribution in [0, 0.1) is 5.41 Å². The van der Waals surface area contributed by atoms with Crippen molar-refractivity contribution in [3.05, 3.63) is 161 Å². The van der Waals surface area contributed by atoms with E-state index in [0.29, 0.717) is 24.3 Å². The zero-order valence-electron chi connectivity index (χ0n) is 31.1. The fraction of sp³-hybridized carbons (Fsp3) is 0.311. The molecule has 278 valence electrons. The molecule has 1 aliphatic carbocycles. The summed E-state index contributed by atoms with van der Waals surface area (Å²) in [4.78, 5) is 44.2. The summed E-state index contributed by atoms with van der Waals surface area (Å²) in [5, 5.41) is 10.2. The minimum atomic E-state index is -1.10. The fourth-order valence-corrected chi connectivity index (χ4v) is 10.4. The molecule has 1 N–H and O–H groups in total. The Balaban J connectivity index is 1.08. The van der Waals surface area contributed by atoms with Crippen molar-refractivity contribution in [1.29, 1.82) is 0 Å². The molecular weight excluding hydrogens is 713 g/mol. The molecule has 0 spiro atoms. The molecule has 2 fully saturated rings. The maximum atomic E-state index is 13.9. The van der Waals surface area contributed by atoms with Gasteiger partial charge in [-0.2, -0.15) is 0 Å². The monoisotopic (exact) mass is 758 g/mol. The highest BCUT2D eigenvalue weighted by atomic mass is 32.2. The third-order valence-electron chi connectivity index (χ3n) is 10.6. The van der Waals surface area contributed by atoms with Gasteiger partial charge in [0.1, 0.15) is 16.8 Å². The van der Waals surface area contributed by atoms with Crippen LogP contribution in [-0.2, 0) is 30.1 Å². The number of thioether (sulfide) groups is 2. The highest BCUT2D eigenvalue weighted by Gasteiger charge is 2.59. The number of aliphatic carboxylic acids is 1. The molecule has 7 rings (SSSR count). The number of carbonyl (C=O) groups excluding carboxylic acids is 2. The highest BCUT2D eigenvalue weighted by molar-refractivity contribution is 8.00. The number of carbonyl (C=O) groups is 3. The number of allylic oxidation sites excluding steroid dienone is 2. The van der Waals surface area contributed by atoms with Gasteiger partial charge < -0.3 is 19.6 Å². The molecule has 54 heavy (non-hydrogen) atoms. The van der Waals surface area contributed by atoms with E-state index in [1.807, 2.05) is 78.9 Å². The number of benzene rings is 4. The quantitative estimate of drug-likeness (QED) is 0.0930. The fourth-order valence-electron chi connectivity index (χ4n) is 7.61. The minimum Gasteiger partial charge on any atom is -0.481 e. The van der Waals surface area contributed by atoms with E-state index in [0.717, 1.165) is 33.0 Å². The Hall–Kier alpha value is -4.73. The lowest BCUT2D eigenvalue weighted by Crippen LogP contribution is -2.74. The first-order valence-corrected chi connectivity index (χ1v) is 20.4. The van der Waals surface area contributed by atoms with Gasteiger partial charge in [-0.25, -0.2) is 0 Å². The summed E-state index contributed by atoms with van der Waals surface area (Å²) in [5.41, 5.74) is 2.96. The van der Waals surface area contributed by atoms with Crippen molar-refractivity contribution in [2.45, 2.75) is 67.9 Å². The molecule has 0 saturated carbocycles. The van der Waals surface area contributed by atoms with Crippen LogP contribution in [0.3, 0.4) is 0 Å². The second kappa shape index (κ2) is 15.2. The molecule has 3 aliphatic rings. The van der Waals surface area contributed by atoms with E-state index in [1.165, 1.54) is 36.0 Å². The lowest BCUT2D eigenvalue weighted by molar-refractivity contribution is -0.163. The summed E-state index contributed by atoms with van der Waals surface area (Å²) in [6.45, 7) is 8.10. The molecule has 3 atom stereocenters. The Labute approximate surface area is 326 Å². The van der Waals surface area contributed by atoms with Crippen LogP contribution in [0.4, 0.5) is 0 Å². The maximum absolute atomic E-state index is 13.9. The number of rotatable bonds is 11. The second-order valence-corrected chi connectivity index (χ2v) is 17.5. The molecule has 9 heteroatoms. The Morgan fingerprint density at radius 3 is 1.85 bits per heavy atom. The van der Waals surface area contributed by atoms with Crippen molar-refractivity contribution in [2.24, 2.45) is 5.41 Å². The van der Waals surface area contributed by atoms with Crippen molar-refractivity contribution in [3.8, 4) is 0 Å². The van der Waals surface area contributed by atoms with Crippen molar-refractivity contribution in [1.82, 2.24) is 9.80 Å². The van der Waals surface area contributed by atoms with Gasteiger partial charge in [0.05, 0.1) is 5.76 Å². The molecule has 2 aliphatic heterocycles. The number of β-lactam (4-membered cyclic amide) rings is 1. The van der Waals surface area contributed by atoms with Gasteiger partial charge in [0.25, 0.3) is 0 Å². The first kappa shape index (κ1) is 37.6. The van der Waals surface area contributed by atoms with E-state index in [2.05, 4.69) is 69.3 Å². The highest BCUT2D eigenvalue weighted by Crippen LogP contribution is 2.48. The van der Waals surface area contributed by atoms with Gasteiger partial charge in [-0.3, -0.25) is 14.4 Å². The van der Waals surface area contributed by atoms with Crippen LogP contribution >= 0.6 is 23.5 Å². The Bertz CT molecular complexity index is 1970. The van der Waals surface area contributed by atoms with Gasteiger partial charge >= 0.3 is 5.97 Å². The number of hydrogen-bond acceptors (Lipinski definition) is 6. The zero-order chi connectivity index (χ0) is 38.1. The summed E-state index contributed by atoms with van der Waals surface area (Å²) in [6, 6.07) is 38.2. The molecular formula is C45H46N2O5S2. The summed E-state index contributed by atoms with van der Waals surface area (Å²) in [7, 11) is 0. The lowest BCUT2D eigenvalue weighted by atomic mass is 9.80. The van der Waals surface area contributed by atoms with Gasteiger partial charge in [0.2, 0.25) is 11.8 Å². The van der Waals surface area contributed by atoms with Crippen molar-refractivity contribution >= 4 is 41.3 Å². The Morgan fingerprint density at radius 1 is 0.833 bits per heavy atom. The molecule has 4 aromatic carbocycles. The number of carboxylic acids is 1. The van der Waals surface area contributed by atoms with Crippen LogP contribution in [-0.4, -0.2) is 62.2 Å². The molecule has 7 nitrogen and oxygen atoms in total. The standard InChI is InChI=1S/C45H46N2O5S2/c1-31(48)47(39-40(49)46-28-44(42(50)51,30-54-41(39)46)29-53-38-26-20-32(21-27-38)43(2,3)4)36-22-24-37(25-23-36)52-45(33-14-8-5-9-15-33,34-16-10-6-11-17-34)35-18-12-7-13-19-35/h5-22,25-27,39,41H,23-24,28-30H2,1-4H3,(H,50,51)/t39?,41-,44?/m1/s1. The molecule has 2 saturated heterocycles. The number of ether oxygens (including phenoxy) is 1. The lowest BCUT2D eigenvalue weighted by Gasteiger charge is -2.56. The van der Waals surface area contributed by atoms with Gasteiger partial charge in [0, 0.05) is 65.1 Å². The van der Waals surface area contributed by atoms with E-state index < -0.39 is 23.0 Å². The second-order valence-electron chi connectivity index (χ2n) is 15.3. The van der Waals surface area contributed by atoms with E-state index in [9.17, 15) is 19.5 Å². The number of hydrogen-bond donors (Lipinski definition) is 1. The third kappa shape index (κ3) is 7.11. The number of fused-ring (bicyclic) bond motifs is 1. The van der Waals surface area contributed by atoms with Crippen LogP contribution in [0.1, 0.15) is 62.8 Å². The molecule has 0 radical (unpaired) electrons. The van der Waals surface area contributed by atoms with E-state index >= 15 is 0 Å². The summed E-state index contributed by atoms with van der Waals surface area (Å²) in [6.07, 6.45) is 4.86. The maximum Gasteiger partial charge on any atom is 0.313 e. The summed E-state index contributed by atoms with van der Waals surface area (Å²) >= 11 is 2.97. The van der Waals surface area contributed by atoms with Crippen molar-refractivity contribution in [3.63, 3.8) is 0 Å². The van der Waals surface area contributed by atoms with Gasteiger partial charge in [-0.15, -0.1) is 23.5 Å². The number of carboxylic acid groups (broad SMARTS) is 1. The summed E-state index contributed by atoms with van der Waals surface area (Å²) in [5.74, 6) is 0.131. The van der Waals surface area contributed by atoms with Crippen LogP contribution < -0.4 is 0 Å². The van der Waals surface area contributed by atoms with E-state index in [4.69, 9.17) is 4.74 Å². The van der Waals surface area contributed by atoms with Crippen molar-refractivity contribution in [2.75, 3.05) is 18.1 Å². The first-order chi connectivity index (χ1) is 25.9. The average molecular weight is 759 g/mol. The van der Waals surface area contributed by atoms with Crippen LogP contribution in [0.2, 0.25) is 0 Å². The van der Waals surface area contributed by atoms with E-state index in [-0.39, 0.29) is 29.1 Å². The first-order valence-electron chi connectivity index (χ1n) is 18.4. The molecule has 4 aromatic rings. The molecule has 2 amide bonds. The smallest absolute Gasteiger partial charge is 0.313 e. The SMILES string of the molecule is CC(=O)N(C1=CCC(OC(c2ccccc2)(c2ccccc2)c2ccccc2)=CC1)C1C(=O)N2CC(CSc3ccc(C(C)(C)C)cc3)(C(=O)O)CS[C@H]12. The van der Waals surface area contributed by atoms with Crippen LogP contribution in [0.15, 0.2) is 144 Å². The molecule has 0 aromatic heterocycles. The van der Waals surface area contributed by atoms with Crippen molar-refractivity contribution < 1.29 is 24.2 Å². The predicted octanol–water partition coefficient (Wildman–Crippen LogP) is 8.85. The van der Waals surface area contributed by atoms with E-state index in [1.54, 1.807) is 9.80 Å². The molecule has 2 heterocycles. The Kier molecular flexibility index (Phi) is 10.6. The third-order valence-corrected chi connectivity index (χ3v) is 13.5. The molecule has 2 unspecified atom stereocenters. The minimum absolute atomic E-state index is 0.0295. The van der Waals surface area contributed by atoms with Crippen LogP contribution in [0.25, 0.3) is 0 Å². The van der Waals surface area contributed by atoms with Crippen LogP contribution in [0.5, 0.6) is 0 Å². The zero-order valence-corrected chi connectivity index (χ0v) is 32.7. The number of nitrogens with zero attached hydrogens (tertiary/aromatic N) is 2. The molecule has 0 bridgehead atoms. The Morgan fingerprint density at radius 2 is 1.39 bits per heavy atom. The van der Waals surface area contributed by atoms with Gasteiger partial charge in [-0.05, 0) is 29.2 Å². The topological polar surface area (TPSA) is 87.2 Å². The van der Waals surface area contributed by atoms with Gasteiger partial charge in [-0.1, -0.05) is 130 Å². The van der Waals surface area contributed by atoms with Gasteiger partial charge in [0.15, 0.2) is 5.60 Å². The number of amides is 2.